The molecule has 5 nitrogen and oxygen atoms in total. The average Bonchev–Trinajstić information content (AvgIpc) is 2.56. The molecule has 1 heterocycles. The van der Waals surface area contributed by atoms with Crippen molar-refractivity contribution in [2.75, 3.05) is 12.4 Å². The second-order valence-corrected chi connectivity index (χ2v) is 5.93. The molecular formula is C18H13ClF2N2O3. The number of aromatic nitrogens is 1. The van der Waals surface area contributed by atoms with Crippen LogP contribution in [0.1, 0.15) is 17.3 Å². The van der Waals surface area contributed by atoms with Crippen molar-refractivity contribution in [2.24, 2.45) is 0 Å². The highest BCUT2D eigenvalue weighted by Crippen LogP contribution is 2.34. The number of ether oxygens (including phenoxy) is 1. The summed E-state index contributed by atoms with van der Waals surface area (Å²) >= 11 is 5.94. The van der Waals surface area contributed by atoms with Gasteiger partial charge in [-0.15, -0.1) is 0 Å². The van der Waals surface area contributed by atoms with Gasteiger partial charge in [-0.05, 0) is 31.2 Å². The third-order valence-corrected chi connectivity index (χ3v) is 4.07. The molecule has 0 spiro atoms. The molecule has 8 heteroatoms. The Bertz CT molecular complexity index is 1100. The number of fused-ring (bicyclic) bond motifs is 1. The lowest BCUT2D eigenvalue weighted by Gasteiger charge is -2.14. The van der Waals surface area contributed by atoms with E-state index in [1.807, 2.05) is 0 Å². The predicted molar refractivity (Wildman–Crippen MR) is 95.8 cm³/mol. The number of hydrogen-bond donors (Lipinski definition) is 2. The second kappa shape index (κ2) is 6.76. The third kappa shape index (κ3) is 3.01. The van der Waals surface area contributed by atoms with Crippen LogP contribution in [0.5, 0.6) is 5.75 Å². The maximum atomic E-state index is 14.4. The van der Waals surface area contributed by atoms with Crippen LogP contribution in [0.4, 0.5) is 20.3 Å². The van der Waals surface area contributed by atoms with E-state index in [0.717, 1.165) is 6.07 Å². The number of rotatable bonds is 4. The number of pyridine rings is 1. The Morgan fingerprint density at radius 2 is 2.00 bits per heavy atom. The number of nitrogens with one attached hydrogen (secondary N) is 2. The van der Waals surface area contributed by atoms with E-state index in [2.05, 4.69) is 10.3 Å². The molecule has 0 aliphatic rings. The maximum absolute atomic E-state index is 14.4. The molecule has 134 valence electrons. The van der Waals surface area contributed by atoms with Gasteiger partial charge < -0.3 is 15.0 Å². The van der Waals surface area contributed by atoms with Crippen molar-refractivity contribution in [1.29, 1.82) is 0 Å². The number of methoxy groups -OCH3 is 1. The van der Waals surface area contributed by atoms with E-state index in [-0.39, 0.29) is 38.7 Å². The Hall–Kier alpha value is -2.93. The highest BCUT2D eigenvalue weighted by atomic mass is 35.5. The lowest BCUT2D eigenvalue weighted by Crippen LogP contribution is -2.19. The van der Waals surface area contributed by atoms with Crippen LogP contribution in [0.25, 0.3) is 10.9 Å². The van der Waals surface area contributed by atoms with Gasteiger partial charge in [-0.2, -0.15) is 0 Å². The molecule has 0 saturated carbocycles. The van der Waals surface area contributed by atoms with Crippen LogP contribution < -0.4 is 15.5 Å². The minimum atomic E-state index is -0.791. The lowest BCUT2D eigenvalue weighted by molar-refractivity contribution is 0.101. The van der Waals surface area contributed by atoms with Gasteiger partial charge >= 0.3 is 0 Å². The van der Waals surface area contributed by atoms with Crippen LogP contribution in [0.2, 0.25) is 5.02 Å². The molecule has 3 aromatic rings. The smallest absolute Gasteiger partial charge is 0.206 e. The lowest BCUT2D eigenvalue weighted by atomic mass is 10.1. The first-order chi connectivity index (χ1) is 12.3. The zero-order chi connectivity index (χ0) is 19.0. The molecule has 0 atom stereocenters. The molecule has 0 bridgehead atoms. The van der Waals surface area contributed by atoms with E-state index in [1.165, 1.54) is 38.3 Å². The number of anilines is 2. The van der Waals surface area contributed by atoms with E-state index < -0.39 is 22.8 Å². The van der Waals surface area contributed by atoms with Crippen molar-refractivity contribution in [2.45, 2.75) is 6.92 Å². The Morgan fingerprint density at radius 3 is 2.62 bits per heavy atom. The highest BCUT2D eigenvalue weighted by molar-refractivity contribution is 6.33. The Kier molecular flexibility index (Phi) is 4.65. The fourth-order valence-corrected chi connectivity index (χ4v) is 2.97. The number of H-pyrrole nitrogens is 1. The maximum Gasteiger partial charge on any atom is 0.206 e. The van der Waals surface area contributed by atoms with Crippen molar-refractivity contribution in [1.82, 2.24) is 4.98 Å². The summed E-state index contributed by atoms with van der Waals surface area (Å²) in [5.74, 6) is -1.95. The molecule has 26 heavy (non-hydrogen) atoms. The standard InChI is InChI=1S/C18H13ClF2N2O3/c1-8(24)13-16(25)14-15(12(21)7-11(19)17(14)26-2)23-18(13)22-10-5-3-4-9(20)6-10/h3-7H,1-2H3,(H2,22,23,25). The topological polar surface area (TPSA) is 71.2 Å². The summed E-state index contributed by atoms with van der Waals surface area (Å²) in [7, 11) is 1.28. The largest absolute Gasteiger partial charge is 0.494 e. The number of Topliss-reactive ketones (excluding diaryl/α,β-unsaturated/α-hetero) is 1. The number of hydrogen-bond acceptors (Lipinski definition) is 4. The van der Waals surface area contributed by atoms with E-state index in [0.29, 0.717) is 0 Å². The summed E-state index contributed by atoms with van der Waals surface area (Å²) in [5, 5.41) is 2.48. The summed E-state index contributed by atoms with van der Waals surface area (Å²) in [5.41, 5.74) is -0.894. The Morgan fingerprint density at radius 1 is 1.27 bits per heavy atom. The number of aromatic amines is 1. The minimum Gasteiger partial charge on any atom is -0.494 e. The number of ketones is 1. The summed E-state index contributed by atoms with van der Waals surface area (Å²) < 4.78 is 32.9. The molecule has 2 N–H and O–H groups in total. The van der Waals surface area contributed by atoms with Gasteiger partial charge in [0, 0.05) is 5.69 Å². The van der Waals surface area contributed by atoms with Gasteiger partial charge in [0.25, 0.3) is 0 Å². The molecule has 2 aromatic carbocycles. The molecule has 3 rings (SSSR count). The van der Waals surface area contributed by atoms with Crippen LogP contribution in [0.3, 0.4) is 0 Å². The number of carbonyl (C=O) groups excluding carboxylic acids is 1. The number of carbonyl (C=O) groups is 1. The first-order valence-corrected chi connectivity index (χ1v) is 7.86. The third-order valence-electron chi connectivity index (χ3n) is 3.79. The SMILES string of the molecule is COc1c(Cl)cc(F)c2[nH]c(Nc3cccc(F)c3)c(C(C)=O)c(=O)c12. The van der Waals surface area contributed by atoms with Crippen molar-refractivity contribution in [3.63, 3.8) is 0 Å². The minimum absolute atomic E-state index is 0.0378. The van der Waals surface area contributed by atoms with Crippen LogP contribution >= 0.6 is 11.6 Å². The van der Waals surface area contributed by atoms with Crippen molar-refractivity contribution >= 4 is 39.8 Å². The van der Waals surface area contributed by atoms with Crippen molar-refractivity contribution < 1.29 is 18.3 Å². The summed E-state index contributed by atoms with van der Waals surface area (Å²) in [6.07, 6.45) is 0. The van der Waals surface area contributed by atoms with Crippen LogP contribution in [-0.4, -0.2) is 17.9 Å². The van der Waals surface area contributed by atoms with E-state index >= 15 is 0 Å². The molecule has 0 amide bonds. The molecule has 0 radical (unpaired) electrons. The van der Waals surface area contributed by atoms with Gasteiger partial charge in [0.2, 0.25) is 5.43 Å². The van der Waals surface area contributed by atoms with Gasteiger partial charge in [-0.25, -0.2) is 8.78 Å². The number of benzene rings is 2. The Labute approximate surface area is 151 Å². The summed E-state index contributed by atoms with van der Waals surface area (Å²) in [6.45, 7) is 1.19. The first-order valence-electron chi connectivity index (χ1n) is 7.49. The van der Waals surface area contributed by atoms with E-state index in [1.54, 1.807) is 0 Å². The summed E-state index contributed by atoms with van der Waals surface area (Å²) in [4.78, 5) is 27.6. The van der Waals surface area contributed by atoms with Crippen LogP contribution in [-0.2, 0) is 0 Å². The highest BCUT2D eigenvalue weighted by Gasteiger charge is 2.22. The van der Waals surface area contributed by atoms with Gasteiger partial charge in [0.05, 0.1) is 23.0 Å². The van der Waals surface area contributed by atoms with Gasteiger partial charge in [0.1, 0.15) is 23.0 Å². The van der Waals surface area contributed by atoms with Crippen LogP contribution in [0.15, 0.2) is 35.1 Å². The zero-order valence-corrected chi connectivity index (χ0v) is 14.5. The predicted octanol–water partition coefficient (Wildman–Crippen LogP) is 4.41. The average molecular weight is 379 g/mol. The van der Waals surface area contributed by atoms with Gasteiger partial charge in [-0.1, -0.05) is 17.7 Å². The van der Waals surface area contributed by atoms with Crippen LogP contribution in [0, 0.1) is 11.6 Å². The molecule has 0 saturated heterocycles. The molecule has 1 aromatic heterocycles. The first kappa shape index (κ1) is 17.9. The fraction of sp³-hybridized carbons (Fsp3) is 0.111. The van der Waals surface area contributed by atoms with Gasteiger partial charge in [0.15, 0.2) is 11.5 Å². The molecule has 0 aliphatic carbocycles. The zero-order valence-electron chi connectivity index (χ0n) is 13.7. The monoisotopic (exact) mass is 378 g/mol. The van der Waals surface area contributed by atoms with Crippen molar-refractivity contribution in [3.05, 3.63) is 62.8 Å². The fourth-order valence-electron chi connectivity index (χ4n) is 2.71. The normalized spacial score (nSPS) is 10.8. The molecule has 0 aliphatic heterocycles. The molecular weight excluding hydrogens is 366 g/mol. The Balaban J connectivity index is 2.35. The number of halogens is 3. The van der Waals surface area contributed by atoms with E-state index in [4.69, 9.17) is 16.3 Å². The molecule has 0 unspecified atom stereocenters. The van der Waals surface area contributed by atoms with Gasteiger partial charge in [-0.3, -0.25) is 9.59 Å². The van der Waals surface area contributed by atoms with E-state index in [9.17, 15) is 18.4 Å². The summed E-state index contributed by atoms with van der Waals surface area (Å²) in [6, 6.07) is 6.40. The van der Waals surface area contributed by atoms with Crippen molar-refractivity contribution in [3.8, 4) is 5.75 Å². The quantitative estimate of drug-likeness (QED) is 0.659. The second-order valence-electron chi connectivity index (χ2n) is 5.52. The molecule has 0 fully saturated rings.